The maximum absolute atomic E-state index is 12.0. The van der Waals surface area contributed by atoms with Crippen molar-refractivity contribution < 1.29 is 0 Å². The van der Waals surface area contributed by atoms with Gasteiger partial charge in [0.1, 0.15) is 0 Å². The molecule has 0 bridgehead atoms. The van der Waals surface area contributed by atoms with Gasteiger partial charge in [0.2, 0.25) is 0 Å². The van der Waals surface area contributed by atoms with E-state index in [1.165, 1.54) is 10.6 Å². The monoisotopic (exact) mass is 259 g/mol. The lowest BCUT2D eigenvalue weighted by atomic mass is 10.1. The Morgan fingerprint density at radius 2 is 1.89 bits per heavy atom. The highest BCUT2D eigenvalue weighted by atomic mass is 35.5. The molecule has 0 atom stereocenters. The number of halogens is 1. The van der Waals surface area contributed by atoms with Crippen LogP contribution in [-0.2, 0) is 7.05 Å². The Morgan fingerprint density at radius 3 is 2.61 bits per heavy atom. The average Bonchev–Trinajstić information content (AvgIpc) is 2.72. The summed E-state index contributed by atoms with van der Waals surface area (Å²) in [6.07, 6.45) is 1.80. The zero-order chi connectivity index (χ0) is 12.7. The van der Waals surface area contributed by atoms with Gasteiger partial charge in [-0.15, -0.1) is 0 Å². The largest absolute Gasteiger partial charge is 0.287 e. The average molecular weight is 260 g/mol. The van der Waals surface area contributed by atoms with Gasteiger partial charge < -0.3 is 0 Å². The summed E-state index contributed by atoms with van der Waals surface area (Å²) in [5, 5.41) is 0.663. The zero-order valence-electron chi connectivity index (χ0n) is 9.67. The summed E-state index contributed by atoms with van der Waals surface area (Å²) in [4.78, 5) is 16.5. The summed E-state index contributed by atoms with van der Waals surface area (Å²) < 4.78 is 3.22. The Hall–Kier alpha value is -2.07. The third kappa shape index (κ3) is 1.71. The Morgan fingerprint density at radius 1 is 1.17 bits per heavy atom. The van der Waals surface area contributed by atoms with E-state index in [0.717, 1.165) is 5.56 Å². The summed E-state index contributed by atoms with van der Waals surface area (Å²) in [7, 11) is 1.80. The first-order chi connectivity index (χ1) is 8.65. The second kappa shape index (κ2) is 3.99. The maximum Gasteiger partial charge on any atom is 0.273 e. The van der Waals surface area contributed by atoms with Gasteiger partial charge >= 0.3 is 0 Å². The molecular formula is C13H10ClN3O. The highest BCUT2D eigenvalue weighted by molar-refractivity contribution is 6.30. The SMILES string of the molecule is Cn1ccc2nc(-c3ccc(Cl)cc3)cc(=O)n21. The number of hydrogen-bond donors (Lipinski definition) is 0. The molecule has 0 amide bonds. The molecule has 0 radical (unpaired) electrons. The fourth-order valence-corrected chi connectivity index (χ4v) is 2.05. The quantitative estimate of drug-likeness (QED) is 0.673. The van der Waals surface area contributed by atoms with Crippen molar-refractivity contribution in [2.24, 2.45) is 7.05 Å². The van der Waals surface area contributed by atoms with Gasteiger partial charge in [-0.25, -0.2) is 4.98 Å². The molecule has 18 heavy (non-hydrogen) atoms. The van der Waals surface area contributed by atoms with Crippen molar-refractivity contribution in [3.8, 4) is 11.3 Å². The molecule has 3 rings (SSSR count). The fourth-order valence-electron chi connectivity index (χ4n) is 1.93. The van der Waals surface area contributed by atoms with E-state index < -0.39 is 0 Å². The van der Waals surface area contributed by atoms with Crippen LogP contribution in [0.4, 0.5) is 0 Å². The Labute approximate surface area is 108 Å². The molecule has 0 aliphatic heterocycles. The van der Waals surface area contributed by atoms with Gasteiger partial charge in [-0.1, -0.05) is 23.7 Å². The highest BCUT2D eigenvalue weighted by Crippen LogP contribution is 2.18. The smallest absolute Gasteiger partial charge is 0.273 e. The second-order valence-corrected chi connectivity index (χ2v) is 4.48. The van der Waals surface area contributed by atoms with Crippen molar-refractivity contribution in [3.05, 3.63) is 58.0 Å². The van der Waals surface area contributed by atoms with E-state index in [1.54, 1.807) is 36.1 Å². The van der Waals surface area contributed by atoms with Crippen molar-refractivity contribution >= 4 is 17.2 Å². The van der Waals surface area contributed by atoms with Crippen LogP contribution in [0, 0.1) is 0 Å². The summed E-state index contributed by atoms with van der Waals surface area (Å²) >= 11 is 5.84. The minimum atomic E-state index is -0.0996. The van der Waals surface area contributed by atoms with Crippen LogP contribution in [-0.4, -0.2) is 14.2 Å². The number of hydrogen-bond acceptors (Lipinski definition) is 2. The van der Waals surface area contributed by atoms with Crippen LogP contribution < -0.4 is 5.56 Å². The van der Waals surface area contributed by atoms with E-state index in [2.05, 4.69) is 4.98 Å². The summed E-state index contributed by atoms with van der Waals surface area (Å²) in [5.41, 5.74) is 2.07. The van der Waals surface area contributed by atoms with E-state index in [4.69, 9.17) is 11.6 Å². The van der Waals surface area contributed by atoms with Crippen LogP contribution >= 0.6 is 11.6 Å². The third-order valence-corrected chi connectivity index (χ3v) is 3.07. The molecule has 0 N–H and O–H groups in total. The Balaban J connectivity index is 2.25. The van der Waals surface area contributed by atoms with Crippen molar-refractivity contribution in [2.75, 3.05) is 0 Å². The second-order valence-electron chi connectivity index (χ2n) is 4.05. The molecule has 1 aromatic carbocycles. The van der Waals surface area contributed by atoms with Crippen LogP contribution in [0.15, 0.2) is 47.4 Å². The van der Waals surface area contributed by atoms with E-state index in [9.17, 15) is 4.79 Å². The van der Waals surface area contributed by atoms with Crippen molar-refractivity contribution in [2.45, 2.75) is 0 Å². The lowest BCUT2D eigenvalue weighted by molar-refractivity contribution is 0.681. The molecule has 2 aromatic heterocycles. The van der Waals surface area contributed by atoms with Crippen LogP contribution in [0.2, 0.25) is 5.02 Å². The number of rotatable bonds is 1. The molecular weight excluding hydrogens is 250 g/mol. The predicted molar refractivity (Wildman–Crippen MR) is 70.9 cm³/mol. The van der Waals surface area contributed by atoms with E-state index >= 15 is 0 Å². The normalized spacial score (nSPS) is 11.0. The predicted octanol–water partition coefficient (Wildman–Crippen LogP) is 2.35. The molecule has 0 aliphatic carbocycles. The van der Waals surface area contributed by atoms with Gasteiger partial charge in [0.25, 0.3) is 5.56 Å². The highest BCUT2D eigenvalue weighted by Gasteiger charge is 2.06. The Bertz CT molecular complexity index is 771. The van der Waals surface area contributed by atoms with Gasteiger partial charge in [0.05, 0.1) is 5.69 Å². The molecule has 5 heteroatoms. The topological polar surface area (TPSA) is 39.3 Å². The third-order valence-electron chi connectivity index (χ3n) is 2.82. The van der Waals surface area contributed by atoms with Gasteiger partial charge in [-0.3, -0.25) is 9.48 Å². The van der Waals surface area contributed by atoms with E-state index in [0.29, 0.717) is 16.4 Å². The summed E-state index contributed by atoms with van der Waals surface area (Å²) in [5.74, 6) is 0. The van der Waals surface area contributed by atoms with E-state index in [1.807, 2.05) is 12.1 Å². The number of nitrogens with zero attached hydrogens (tertiary/aromatic N) is 3. The van der Waals surface area contributed by atoms with Crippen LogP contribution in [0.25, 0.3) is 16.9 Å². The summed E-state index contributed by atoms with van der Waals surface area (Å²) in [6, 6.07) is 10.6. The molecule has 90 valence electrons. The van der Waals surface area contributed by atoms with Gasteiger partial charge in [-0.2, -0.15) is 4.52 Å². The molecule has 0 spiro atoms. The van der Waals surface area contributed by atoms with Crippen LogP contribution in [0.3, 0.4) is 0 Å². The first-order valence-electron chi connectivity index (χ1n) is 5.46. The fraction of sp³-hybridized carbons (Fsp3) is 0.0769. The minimum Gasteiger partial charge on any atom is -0.287 e. The number of aromatic nitrogens is 3. The Kier molecular flexibility index (Phi) is 2.45. The molecule has 2 heterocycles. The molecule has 0 saturated heterocycles. The van der Waals surface area contributed by atoms with Crippen molar-refractivity contribution in [1.82, 2.24) is 14.2 Å². The number of aryl methyl sites for hydroxylation is 1. The lowest BCUT2D eigenvalue weighted by Gasteiger charge is -2.03. The first-order valence-corrected chi connectivity index (χ1v) is 5.84. The van der Waals surface area contributed by atoms with Crippen molar-refractivity contribution in [1.29, 1.82) is 0 Å². The van der Waals surface area contributed by atoms with Crippen LogP contribution in [0.5, 0.6) is 0 Å². The molecule has 0 aliphatic rings. The zero-order valence-corrected chi connectivity index (χ0v) is 10.4. The maximum atomic E-state index is 12.0. The van der Waals surface area contributed by atoms with Crippen LogP contribution in [0.1, 0.15) is 0 Å². The lowest BCUT2D eigenvalue weighted by Crippen LogP contribution is -2.18. The van der Waals surface area contributed by atoms with Gasteiger partial charge in [-0.05, 0) is 12.1 Å². The molecule has 3 aromatic rings. The van der Waals surface area contributed by atoms with Crippen molar-refractivity contribution in [3.63, 3.8) is 0 Å². The molecule has 0 fully saturated rings. The molecule has 0 saturated carbocycles. The molecule has 0 unspecified atom stereocenters. The minimum absolute atomic E-state index is 0.0996. The summed E-state index contributed by atoms with van der Waals surface area (Å²) in [6.45, 7) is 0. The standard InChI is InChI=1S/C13H10ClN3O/c1-16-7-6-12-15-11(8-13(18)17(12)16)9-2-4-10(14)5-3-9/h2-8H,1H3. The number of benzene rings is 1. The van der Waals surface area contributed by atoms with Gasteiger partial charge in [0, 0.05) is 36.0 Å². The van der Waals surface area contributed by atoms with Gasteiger partial charge in [0.15, 0.2) is 5.65 Å². The number of fused-ring (bicyclic) bond motifs is 1. The molecule has 4 nitrogen and oxygen atoms in total. The first kappa shape index (κ1) is 11.0. The van der Waals surface area contributed by atoms with E-state index in [-0.39, 0.29) is 5.56 Å².